The van der Waals surface area contributed by atoms with Crippen molar-refractivity contribution in [3.63, 3.8) is 0 Å². The number of nitrogens with one attached hydrogen (secondary N) is 2. The molecular weight excluding hydrogens is 280 g/mol. The van der Waals surface area contributed by atoms with Crippen LogP contribution in [-0.4, -0.2) is 33.2 Å². The molecule has 1 fully saturated rings. The molecule has 0 aromatic carbocycles. The van der Waals surface area contributed by atoms with Crippen molar-refractivity contribution in [2.75, 3.05) is 13.7 Å². The Morgan fingerprint density at radius 2 is 2.10 bits per heavy atom. The van der Waals surface area contributed by atoms with Gasteiger partial charge in [0.1, 0.15) is 5.76 Å². The molecule has 6 nitrogen and oxygen atoms in total. The average Bonchev–Trinajstić information content (AvgIpc) is 2.95. The Hall–Kier alpha value is -0.890. The van der Waals surface area contributed by atoms with Crippen LogP contribution < -0.4 is 10.0 Å². The van der Waals surface area contributed by atoms with Crippen molar-refractivity contribution in [2.24, 2.45) is 5.92 Å². The average molecular weight is 302 g/mol. The molecular formula is C13H22N2O4S. The monoisotopic (exact) mass is 302 g/mol. The summed E-state index contributed by atoms with van der Waals surface area (Å²) in [6.45, 7) is 0.662. The zero-order chi connectivity index (χ0) is 14.6. The molecule has 0 spiro atoms. The summed E-state index contributed by atoms with van der Waals surface area (Å²) in [6, 6.07) is 3.38. The summed E-state index contributed by atoms with van der Waals surface area (Å²) < 4.78 is 30.7. The Morgan fingerprint density at radius 1 is 1.35 bits per heavy atom. The summed E-state index contributed by atoms with van der Waals surface area (Å²) in [5.41, 5.74) is 0. The number of hydrogen-bond donors (Lipinski definition) is 3. The van der Waals surface area contributed by atoms with E-state index < -0.39 is 10.0 Å². The minimum Gasteiger partial charge on any atom is -0.447 e. The molecule has 2 unspecified atom stereocenters. The van der Waals surface area contributed by atoms with E-state index in [4.69, 9.17) is 4.42 Å². The van der Waals surface area contributed by atoms with E-state index in [1.165, 1.54) is 13.1 Å². The predicted molar refractivity (Wildman–Crippen MR) is 74.6 cm³/mol. The molecule has 0 aliphatic heterocycles. The Labute approximate surface area is 119 Å². The fraction of sp³-hybridized carbons (Fsp3) is 0.692. The maximum Gasteiger partial charge on any atom is 0.273 e. The molecule has 0 saturated heterocycles. The van der Waals surface area contributed by atoms with E-state index in [9.17, 15) is 13.5 Å². The topological polar surface area (TPSA) is 91.6 Å². The van der Waals surface area contributed by atoms with Gasteiger partial charge >= 0.3 is 0 Å². The van der Waals surface area contributed by atoms with Gasteiger partial charge in [0, 0.05) is 12.6 Å². The molecule has 2 rings (SSSR count). The van der Waals surface area contributed by atoms with Crippen molar-refractivity contribution in [3.05, 3.63) is 17.9 Å². The highest BCUT2D eigenvalue weighted by atomic mass is 32.2. The Bertz CT molecular complexity index is 526. The van der Waals surface area contributed by atoms with Crippen LogP contribution in [0, 0.1) is 5.92 Å². The summed E-state index contributed by atoms with van der Waals surface area (Å²) in [5, 5.41) is 12.6. The van der Waals surface area contributed by atoms with Gasteiger partial charge in [-0.1, -0.05) is 12.8 Å². The molecule has 1 aliphatic rings. The molecule has 1 saturated carbocycles. The molecule has 20 heavy (non-hydrogen) atoms. The largest absolute Gasteiger partial charge is 0.447 e. The van der Waals surface area contributed by atoms with E-state index in [2.05, 4.69) is 10.0 Å². The van der Waals surface area contributed by atoms with Crippen LogP contribution in [-0.2, 0) is 16.6 Å². The normalized spacial score (nSPS) is 23.9. The van der Waals surface area contributed by atoms with Crippen LogP contribution in [0.5, 0.6) is 0 Å². The summed E-state index contributed by atoms with van der Waals surface area (Å²) in [5.74, 6) is 0.861. The lowest BCUT2D eigenvalue weighted by atomic mass is 9.85. The van der Waals surface area contributed by atoms with Gasteiger partial charge in [-0.2, -0.15) is 0 Å². The van der Waals surface area contributed by atoms with Crippen LogP contribution in [0.1, 0.15) is 31.4 Å². The quantitative estimate of drug-likeness (QED) is 0.724. The third-order valence-electron chi connectivity index (χ3n) is 3.85. The van der Waals surface area contributed by atoms with Gasteiger partial charge in [0.05, 0.1) is 6.54 Å². The second kappa shape index (κ2) is 6.71. The maximum absolute atomic E-state index is 11.6. The Kier molecular flexibility index (Phi) is 5.20. The first-order chi connectivity index (χ1) is 9.56. The van der Waals surface area contributed by atoms with Crippen LogP contribution in [0.25, 0.3) is 0 Å². The molecule has 1 aromatic rings. The predicted octanol–water partition coefficient (Wildman–Crippen LogP) is 0.828. The standard InChI is InChI=1S/C13H22N2O4S/c1-14-20(17,18)13-7-6-11(19-13)8-15-12-5-3-2-4-10(12)9-16/h6-7,10,12,14-16H,2-5,8-9H2,1H3. The lowest BCUT2D eigenvalue weighted by Gasteiger charge is -2.30. The van der Waals surface area contributed by atoms with E-state index >= 15 is 0 Å². The molecule has 114 valence electrons. The zero-order valence-electron chi connectivity index (χ0n) is 11.6. The number of aliphatic hydroxyl groups excluding tert-OH is 1. The van der Waals surface area contributed by atoms with Crippen molar-refractivity contribution in [1.82, 2.24) is 10.0 Å². The lowest BCUT2D eigenvalue weighted by molar-refractivity contribution is 0.150. The minimum absolute atomic E-state index is 0.0702. The summed E-state index contributed by atoms with van der Waals surface area (Å²) >= 11 is 0. The lowest BCUT2D eigenvalue weighted by Crippen LogP contribution is -2.39. The molecule has 1 aromatic heterocycles. The molecule has 2 atom stereocenters. The molecule has 0 amide bonds. The van der Waals surface area contributed by atoms with Crippen LogP contribution in [0.2, 0.25) is 0 Å². The summed E-state index contributed by atoms with van der Waals surface area (Å²) in [6.07, 6.45) is 4.39. The van der Waals surface area contributed by atoms with Crippen LogP contribution >= 0.6 is 0 Å². The molecule has 0 radical (unpaired) electrons. The number of furan rings is 1. The third-order valence-corrected chi connectivity index (χ3v) is 5.14. The van der Waals surface area contributed by atoms with Gasteiger partial charge in [0.15, 0.2) is 0 Å². The van der Waals surface area contributed by atoms with Crippen molar-refractivity contribution in [3.8, 4) is 0 Å². The first-order valence-electron chi connectivity index (χ1n) is 6.93. The number of rotatable bonds is 6. The van der Waals surface area contributed by atoms with Crippen LogP contribution in [0.3, 0.4) is 0 Å². The maximum atomic E-state index is 11.6. The van der Waals surface area contributed by atoms with E-state index in [-0.39, 0.29) is 23.7 Å². The van der Waals surface area contributed by atoms with Crippen molar-refractivity contribution >= 4 is 10.0 Å². The second-order valence-electron chi connectivity index (χ2n) is 5.14. The first kappa shape index (κ1) is 15.5. The highest BCUT2D eigenvalue weighted by Gasteiger charge is 2.24. The van der Waals surface area contributed by atoms with Crippen molar-refractivity contribution in [2.45, 2.75) is 43.4 Å². The molecule has 1 aliphatic carbocycles. The number of sulfonamides is 1. The fourth-order valence-corrected chi connectivity index (χ4v) is 3.29. The first-order valence-corrected chi connectivity index (χ1v) is 8.41. The van der Waals surface area contributed by atoms with Gasteiger partial charge in [-0.15, -0.1) is 0 Å². The molecule has 0 bridgehead atoms. The Balaban J connectivity index is 1.94. The van der Waals surface area contributed by atoms with E-state index in [0.717, 1.165) is 25.7 Å². The summed E-state index contributed by atoms with van der Waals surface area (Å²) in [7, 11) is -2.17. The SMILES string of the molecule is CNS(=O)(=O)c1ccc(CNC2CCCCC2CO)o1. The van der Waals surface area contributed by atoms with Gasteiger partial charge in [0.25, 0.3) is 10.0 Å². The molecule has 1 heterocycles. The number of hydrogen-bond acceptors (Lipinski definition) is 5. The van der Waals surface area contributed by atoms with Gasteiger partial charge in [-0.25, -0.2) is 13.1 Å². The third kappa shape index (κ3) is 3.60. The second-order valence-corrected chi connectivity index (χ2v) is 6.96. The smallest absolute Gasteiger partial charge is 0.273 e. The minimum atomic E-state index is -3.52. The highest BCUT2D eigenvalue weighted by Crippen LogP contribution is 2.24. The van der Waals surface area contributed by atoms with E-state index in [1.807, 2.05) is 0 Å². The van der Waals surface area contributed by atoms with Crippen molar-refractivity contribution < 1.29 is 17.9 Å². The highest BCUT2D eigenvalue weighted by molar-refractivity contribution is 7.89. The van der Waals surface area contributed by atoms with Crippen molar-refractivity contribution in [1.29, 1.82) is 0 Å². The van der Waals surface area contributed by atoms with Gasteiger partial charge in [-0.3, -0.25) is 0 Å². The Morgan fingerprint density at radius 3 is 2.80 bits per heavy atom. The van der Waals surface area contributed by atoms with Crippen LogP contribution in [0.4, 0.5) is 0 Å². The van der Waals surface area contributed by atoms with Crippen LogP contribution in [0.15, 0.2) is 21.6 Å². The van der Waals surface area contributed by atoms with E-state index in [0.29, 0.717) is 12.3 Å². The van der Waals surface area contributed by atoms with Gasteiger partial charge in [0.2, 0.25) is 5.09 Å². The zero-order valence-corrected chi connectivity index (χ0v) is 12.4. The van der Waals surface area contributed by atoms with Gasteiger partial charge < -0.3 is 14.8 Å². The number of aliphatic hydroxyl groups is 1. The molecule has 7 heteroatoms. The summed E-state index contributed by atoms with van der Waals surface area (Å²) in [4.78, 5) is 0. The van der Waals surface area contributed by atoms with E-state index in [1.54, 1.807) is 6.07 Å². The van der Waals surface area contributed by atoms with Gasteiger partial charge in [-0.05, 0) is 37.9 Å². The fourth-order valence-electron chi connectivity index (χ4n) is 2.62. The molecule has 3 N–H and O–H groups in total.